The molecule has 0 saturated heterocycles. The van der Waals surface area contributed by atoms with E-state index in [1.165, 1.54) is 24.0 Å². The Morgan fingerprint density at radius 1 is 0.900 bits per heavy atom. The molecule has 0 saturated carbocycles. The summed E-state index contributed by atoms with van der Waals surface area (Å²) in [4.78, 5) is 43.2. The van der Waals surface area contributed by atoms with E-state index in [9.17, 15) is 19.6 Å². The second-order valence-electron chi connectivity index (χ2n) is 9.00. The number of anilines is 1. The fraction of sp³-hybridized carbons (Fsp3) is 0.161. The molecule has 1 atom stereocenters. The van der Waals surface area contributed by atoms with Crippen molar-refractivity contribution in [3.05, 3.63) is 124 Å². The van der Waals surface area contributed by atoms with Gasteiger partial charge in [0.25, 0.3) is 5.91 Å². The van der Waals surface area contributed by atoms with Crippen LogP contribution in [-0.2, 0) is 25.6 Å². The molecule has 9 nitrogen and oxygen atoms in total. The molecule has 0 aliphatic carbocycles. The number of para-hydroxylation sites is 1. The quantitative estimate of drug-likeness (QED) is 0.451. The zero-order valence-corrected chi connectivity index (χ0v) is 22.3. The van der Waals surface area contributed by atoms with E-state index in [1.807, 2.05) is 30.3 Å². The van der Waals surface area contributed by atoms with Crippen LogP contribution in [-0.4, -0.2) is 44.0 Å². The first-order valence-corrected chi connectivity index (χ1v) is 12.4. The van der Waals surface area contributed by atoms with Gasteiger partial charge in [-0.25, -0.2) is 9.59 Å². The van der Waals surface area contributed by atoms with Gasteiger partial charge < -0.3 is 20.1 Å². The predicted molar refractivity (Wildman–Crippen MR) is 148 cm³/mol. The van der Waals surface area contributed by atoms with E-state index in [-0.39, 0.29) is 39.8 Å². The van der Waals surface area contributed by atoms with Crippen LogP contribution < -0.4 is 10.6 Å². The molecule has 1 unspecified atom stereocenters. The number of nitriles is 1. The Hall–Kier alpha value is -5.36. The molecule has 202 valence electrons. The van der Waals surface area contributed by atoms with E-state index in [0.717, 1.165) is 5.56 Å². The van der Waals surface area contributed by atoms with Crippen LogP contribution in [0.15, 0.2) is 108 Å². The van der Waals surface area contributed by atoms with Gasteiger partial charge in [0.1, 0.15) is 11.5 Å². The van der Waals surface area contributed by atoms with Gasteiger partial charge in [-0.05, 0) is 23.3 Å². The Bertz CT molecular complexity index is 1540. The molecule has 0 fully saturated rings. The summed E-state index contributed by atoms with van der Waals surface area (Å²) in [5.41, 5.74) is 8.12. The number of hydrogen-bond donors (Lipinski definition) is 1. The maximum atomic E-state index is 13.7. The van der Waals surface area contributed by atoms with Gasteiger partial charge in [0.05, 0.1) is 48.6 Å². The van der Waals surface area contributed by atoms with Crippen LogP contribution in [0, 0.1) is 11.3 Å². The first-order valence-electron chi connectivity index (χ1n) is 12.4. The number of rotatable bonds is 7. The van der Waals surface area contributed by atoms with Crippen LogP contribution in [0.1, 0.15) is 27.4 Å². The molecule has 3 aromatic rings. The fourth-order valence-corrected chi connectivity index (χ4v) is 4.75. The number of methoxy groups -OCH3 is 2. The van der Waals surface area contributed by atoms with Crippen molar-refractivity contribution in [1.29, 1.82) is 5.26 Å². The van der Waals surface area contributed by atoms with E-state index in [1.54, 1.807) is 61.6 Å². The predicted octanol–water partition coefficient (Wildman–Crippen LogP) is 3.86. The van der Waals surface area contributed by atoms with Crippen molar-refractivity contribution in [2.24, 2.45) is 5.73 Å². The minimum Gasteiger partial charge on any atom is -0.466 e. The zero-order chi connectivity index (χ0) is 28.8. The Balaban J connectivity index is 1.95. The van der Waals surface area contributed by atoms with Crippen molar-refractivity contribution in [3.63, 3.8) is 0 Å². The van der Waals surface area contributed by atoms with E-state index in [0.29, 0.717) is 12.1 Å². The van der Waals surface area contributed by atoms with Crippen molar-refractivity contribution < 1.29 is 23.9 Å². The molecule has 1 heterocycles. The largest absolute Gasteiger partial charge is 0.466 e. The van der Waals surface area contributed by atoms with Crippen LogP contribution in [0.4, 0.5) is 5.69 Å². The minimum absolute atomic E-state index is 0.0131. The smallest absolute Gasteiger partial charge is 0.355 e. The number of nitrogens with two attached hydrogens (primary N) is 1. The van der Waals surface area contributed by atoms with Gasteiger partial charge in [-0.2, -0.15) is 5.26 Å². The Morgan fingerprint density at radius 3 is 2.08 bits per heavy atom. The van der Waals surface area contributed by atoms with Gasteiger partial charge >= 0.3 is 11.9 Å². The fourth-order valence-electron chi connectivity index (χ4n) is 4.75. The summed E-state index contributed by atoms with van der Waals surface area (Å²) in [5, 5.41) is 10.3. The lowest BCUT2D eigenvalue weighted by atomic mass is 9.80. The van der Waals surface area contributed by atoms with Crippen LogP contribution in [0.2, 0.25) is 0 Å². The molecule has 9 heteroatoms. The number of ether oxygens (including phenoxy) is 2. The maximum Gasteiger partial charge on any atom is 0.355 e. The van der Waals surface area contributed by atoms with Gasteiger partial charge in [0, 0.05) is 13.6 Å². The highest BCUT2D eigenvalue weighted by Crippen LogP contribution is 2.44. The van der Waals surface area contributed by atoms with Crippen molar-refractivity contribution in [2.75, 3.05) is 26.2 Å². The van der Waals surface area contributed by atoms with Gasteiger partial charge in [0.2, 0.25) is 0 Å². The number of nitrogens with zero attached hydrogens (tertiary/aromatic N) is 3. The number of carbonyl (C=O) groups excluding carboxylic acids is 3. The normalized spacial score (nSPS) is 14.8. The average Bonchev–Trinajstić information content (AvgIpc) is 3.00. The molecule has 1 aliphatic rings. The third-order valence-electron chi connectivity index (χ3n) is 6.59. The SMILES string of the molecule is COC(=O)C1=C(C(=O)OC)N(c2ccccc2C(=O)N(C)Cc2ccccc2)C(N)=C(C#N)C1c1ccccc1. The third-order valence-corrected chi connectivity index (χ3v) is 6.59. The highest BCUT2D eigenvalue weighted by Gasteiger charge is 2.43. The zero-order valence-electron chi connectivity index (χ0n) is 22.3. The Labute approximate surface area is 232 Å². The summed E-state index contributed by atoms with van der Waals surface area (Å²) < 4.78 is 10.2. The van der Waals surface area contributed by atoms with Crippen molar-refractivity contribution in [2.45, 2.75) is 12.5 Å². The molecule has 2 N–H and O–H groups in total. The minimum atomic E-state index is -1.01. The molecule has 1 amide bonds. The van der Waals surface area contributed by atoms with Gasteiger partial charge in [-0.3, -0.25) is 9.69 Å². The topological polar surface area (TPSA) is 126 Å². The Morgan fingerprint density at radius 2 is 1.48 bits per heavy atom. The van der Waals surface area contributed by atoms with Crippen LogP contribution >= 0.6 is 0 Å². The molecule has 1 aliphatic heterocycles. The van der Waals surface area contributed by atoms with Gasteiger partial charge in [-0.1, -0.05) is 72.8 Å². The first kappa shape index (κ1) is 27.7. The second kappa shape index (κ2) is 12.0. The van der Waals surface area contributed by atoms with Crippen molar-refractivity contribution in [1.82, 2.24) is 4.90 Å². The van der Waals surface area contributed by atoms with Crippen molar-refractivity contribution in [3.8, 4) is 6.07 Å². The molecule has 40 heavy (non-hydrogen) atoms. The number of benzene rings is 3. The summed E-state index contributed by atoms with van der Waals surface area (Å²) in [7, 11) is 4.01. The maximum absolute atomic E-state index is 13.7. The van der Waals surface area contributed by atoms with Crippen LogP contribution in [0.5, 0.6) is 0 Å². The van der Waals surface area contributed by atoms with E-state index < -0.39 is 17.9 Å². The van der Waals surface area contributed by atoms with Crippen LogP contribution in [0.25, 0.3) is 0 Å². The highest BCUT2D eigenvalue weighted by molar-refractivity contribution is 6.08. The van der Waals surface area contributed by atoms with Crippen molar-refractivity contribution >= 4 is 23.5 Å². The van der Waals surface area contributed by atoms with E-state index in [4.69, 9.17) is 15.2 Å². The van der Waals surface area contributed by atoms with E-state index in [2.05, 4.69) is 6.07 Å². The number of carbonyl (C=O) groups is 3. The summed E-state index contributed by atoms with van der Waals surface area (Å²) >= 11 is 0. The van der Waals surface area contributed by atoms with E-state index >= 15 is 0 Å². The molecule has 0 bridgehead atoms. The summed E-state index contributed by atoms with van der Waals surface area (Å²) in [6.45, 7) is 0.325. The van der Waals surface area contributed by atoms with Gasteiger partial charge in [0.15, 0.2) is 0 Å². The lowest BCUT2D eigenvalue weighted by molar-refractivity contribution is -0.139. The Kier molecular flexibility index (Phi) is 8.30. The molecular weight excluding hydrogens is 508 g/mol. The highest BCUT2D eigenvalue weighted by atomic mass is 16.5. The molecule has 4 rings (SSSR count). The lowest BCUT2D eigenvalue weighted by Gasteiger charge is -2.36. The number of hydrogen-bond acceptors (Lipinski definition) is 8. The summed E-state index contributed by atoms with van der Waals surface area (Å²) in [5.74, 6) is -3.21. The van der Waals surface area contributed by atoms with Crippen LogP contribution in [0.3, 0.4) is 0 Å². The molecular formula is C31H28N4O5. The number of allylic oxidation sites excluding steroid dienone is 1. The van der Waals surface area contributed by atoms with Gasteiger partial charge in [-0.15, -0.1) is 0 Å². The monoisotopic (exact) mass is 536 g/mol. The average molecular weight is 537 g/mol. The second-order valence-corrected chi connectivity index (χ2v) is 9.00. The summed E-state index contributed by atoms with van der Waals surface area (Å²) in [6.07, 6.45) is 0. The number of esters is 2. The molecule has 0 aromatic heterocycles. The lowest BCUT2D eigenvalue weighted by Crippen LogP contribution is -2.41. The third kappa shape index (κ3) is 5.15. The number of amides is 1. The molecule has 0 radical (unpaired) electrons. The summed E-state index contributed by atoms with van der Waals surface area (Å²) in [6, 6.07) is 26.8. The first-order chi connectivity index (χ1) is 19.3. The standard InChI is InChI=1S/C31H28N4O5/c1-34(19-20-12-6-4-7-13-20)29(36)22-16-10-11-17-24(22)35-27(31(38)40-3)26(30(37)39-2)25(23(18-32)28(35)33)21-14-8-5-9-15-21/h4-17,25H,19,33H2,1-3H3. The molecule has 3 aromatic carbocycles. The molecule has 0 spiro atoms.